The lowest BCUT2D eigenvalue weighted by Gasteiger charge is -2.25. The fraction of sp³-hybridized carbons (Fsp3) is 0.263. The number of nitrogens with zero attached hydrogens (tertiary/aromatic N) is 2. The van der Waals surface area contributed by atoms with Crippen LogP contribution in [0.1, 0.15) is 31.0 Å². The monoisotopic (exact) mass is 376 g/mol. The van der Waals surface area contributed by atoms with Crippen LogP contribution in [0.4, 0.5) is 24.8 Å². The molecular weight excluding hydrogens is 357 g/mol. The molecule has 0 bridgehead atoms. The number of para-hydroxylation sites is 1. The molecule has 1 heterocycles. The van der Waals surface area contributed by atoms with Crippen LogP contribution >= 0.6 is 0 Å². The van der Waals surface area contributed by atoms with E-state index in [4.69, 9.17) is 0 Å². The van der Waals surface area contributed by atoms with Crippen LogP contribution in [0.3, 0.4) is 0 Å². The zero-order valence-corrected chi connectivity index (χ0v) is 15.1. The molecule has 1 amide bonds. The number of carbonyl (C=O) groups excluding carboxylic acids is 1. The average Bonchev–Trinajstić information content (AvgIpc) is 3.05. The van der Waals surface area contributed by atoms with Crippen molar-refractivity contribution >= 4 is 28.6 Å². The molecule has 5 nitrogen and oxygen atoms in total. The van der Waals surface area contributed by atoms with Gasteiger partial charge in [0.1, 0.15) is 5.52 Å². The van der Waals surface area contributed by atoms with Gasteiger partial charge in [0.2, 0.25) is 11.9 Å². The number of halogens is 3. The fourth-order valence-corrected chi connectivity index (χ4v) is 2.86. The Kier molecular flexibility index (Phi) is 4.82. The van der Waals surface area contributed by atoms with Gasteiger partial charge in [-0.3, -0.25) is 4.79 Å². The van der Waals surface area contributed by atoms with Gasteiger partial charge in [0, 0.05) is 14.0 Å². The van der Waals surface area contributed by atoms with E-state index in [1.165, 1.54) is 13.0 Å². The van der Waals surface area contributed by atoms with E-state index in [-0.39, 0.29) is 11.9 Å². The maximum absolute atomic E-state index is 13.0. The Morgan fingerprint density at radius 1 is 1.22 bits per heavy atom. The van der Waals surface area contributed by atoms with Gasteiger partial charge in [-0.25, -0.2) is 4.98 Å². The summed E-state index contributed by atoms with van der Waals surface area (Å²) in [6, 6.07) is 10.2. The summed E-state index contributed by atoms with van der Waals surface area (Å²) < 4.78 is 38.9. The molecule has 0 aliphatic carbocycles. The van der Waals surface area contributed by atoms with E-state index in [0.717, 1.165) is 17.6 Å². The standard InChI is InChI=1S/C19H19F3N4O/c1-11(13-6-4-7-14(10-13)19(20,21)22)26(3)18-24-16-9-5-8-15(17(16)25-18)23-12(2)27/h4-11H,1-3H3,(H,23,27)(H,24,25)/t11-/m1/s1. The summed E-state index contributed by atoms with van der Waals surface area (Å²) in [5.41, 5.74) is 1.72. The molecule has 0 aliphatic heterocycles. The summed E-state index contributed by atoms with van der Waals surface area (Å²) in [7, 11) is 1.75. The molecule has 0 unspecified atom stereocenters. The van der Waals surface area contributed by atoms with Gasteiger partial charge in [-0.2, -0.15) is 13.2 Å². The highest BCUT2D eigenvalue weighted by molar-refractivity contribution is 5.99. The summed E-state index contributed by atoms with van der Waals surface area (Å²) in [6.45, 7) is 3.21. The summed E-state index contributed by atoms with van der Waals surface area (Å²) >= 11 is 0. The van der Waals surface area contributed by atoms with Crippen LogP contribution in [-0.4, -0.2) is 22.9 Å². The van der Waals surface area contributed by atoms with Crippen LogP contribution in [0.5, 0.6) is 0 Å². The molecule has 142 valence electrons. The first-order valence-electron chi connectivity index (χ1n) is 8.33. The largest absolute Gasteiger partial charge is 0.416 e. The minimum atomic E-state index is -4.39. The Labute approximate surface area is 154 Å². The van der Waals surface area contributed by atoms with Crippen LogP contribution < -0.4 is 10.2 Å². The fourth-order valence-electron chi connectivity index (χ4n) is 2.86. The number of nitrogens with one attached hydrogen (secondary N) is 2. The van der Waals surface area contributed by atoms with Crippen LogP contribution in [0.15, 0.2) is 42.5 Å². The van der Waals surface area contributed by atoms with Gasteiger partial charge in [-0.15, -0.1) is 0 Å². The smallest absolute Gasteiger partial charge is 0.339 e. The van der Waals surface area contributed by atoms with E-state index in [0.29, 0.717) is 22.7 Å². The Hall–Kier alpha value is -3.03. The lowest BCUT2D eigenvalue weighted by Crippen LogP contribution is -2.23. The van der Waals surface area contributed by atoms with E-state index in [9.17, 15) is 18.0 Å². The summed E-state index contributed by atoms with van der Waals surface area (Å²) in [5, 5.41) is 2.72. The number of carbonyl (C=O) groups is 1. The Morgan fingerprint density at radius 3 is 2.59 bits per heavy atom. The third-order valence-electron chi connectivity index (χ3n) is 4.42. The topological polar surface area (TPSA) is 61.0 Å². The highest BCUT2D eigenvalue weighted by atomic mass is 19.4. The van der Waals surface area contributed by atoms with Crippen molar-refractivity contribution in [1.82, 2.24) is 9.97 Å². The van der Waals surface area contributed by atoms with E-state index in [1.807, 2.05) is 6.07 Å². The summed E-state index contributed by atoms with van der Waals surface area (Å²) in [5.74, 6) is 0.283. The van der Waals surface area contributed by atoms with Crippen molar-refractivity contribution in [2.45, 2.75) is 26.1 Å². The number of amides is 1. The number of fused-ring (bicyclic) bond motifs is 1. The molecule has 27 heavy (non-hydrogen) atoms. The van der Waals surface area contributed by atoms with Crippen molar-refractivity contribution in [3.63, 3.8) is 0 Å². The number of hydrogen-bond acceptors (Lipinski definition) is 3. The molecule has 8 heteroatoms. The van der Waals surface area contributed by atoms with E-state index < -0.39 is 11.7 Å². The molecule has 0 fully saturated rings. The molecular formula is C19H19F3N4O. The summed E-state index contributed by atoms with van der Waals surface area (Å²) in [4.78, 5) is 20.8. The second-order valence-corrected chi connectivity index (χ2v) is 6.35. The molecule has 3 rings (SSSR count). The molecule has 0 saturated carbocycles. The van der Waals surface area contributed by atoms with Gasteiger partial charge in [0.25, 0.3) is 0 Å². The summed E-state index contributed by atoms with van der Waals surface area (Å²) in [6.07, 6.45) is -4.39. The van der Waals surface area contributed by atoms with Crippen molar-refractivity contribution in [3.05, 3.63) is 53.6 Å². The highest BCUT2D eigenvalue weighted by Gasteiger charge is 2.31. The van der Waals surface area contributed by atoms with Gasteiger partial charge in [0.15, 0.2) is 0 Å². The second kappa shape index (κ2) is 6.94. The van der Waals surface area contributed by atoms with Crippen molar-refractivity contribution in [2.75, 3.05) is 17.3 Å². The number of alkyl halides is 3. The maximum atomic E-state index is 13.0. The minimum absolute atomic E-state index is 0.210. The number of anilines is 2. The van der Waals surface area contributed by atoms with Gasteiger partial charge < -0.3 is 15.2 Å². The van der Waals surface area contributed by atoms with Crippen molar-refractivity contribution < 1.29 is 18.0 Å². The zero-order valence-electron chi connectivity index (χ0n) is 15.1. The average molecular weight is 376 g/mol. The van der Waals surface area contributed by atoms with Crippen LogP contribution in [0, 0.1) is 0 Å². The number of imidazole rings is 1. The minimum Gasteiger partial charge on any atom is -0.339 e. The maximum Gasteiger partial charge on any atom is 0.416 e. The van der Waals surface area contributed by atoms with E-state index in [2.05, 4.69) is 15.3 Å². The highest BCUT2D eigenvalue weighted by Crippen LogP contribution is 2.33. The number of hydrogen-bond donors (Lipinski definition) is 2. The predicted octanol–water partition coefficient (Wildman–Crippen LogP) is 4.74. The van der Waals surface area contributed by atoms with Crippen LogP contribution in [0.2, 0.25) is 0 Å². The normalized spacial score (nSPS) is 12.8. The molecule has 0 aliphatic rings. The first kappa shape index (κ1) is 18.8. The zero-order chi connectivity index (χ0) is 19.8. The first-order valence-corrected chi connectivity index (χ1v) is 8.33. The lowest BCUT2D eigenvalue weighted by molar-refractivity contribution is -0.137. The quantitative estimate of drug-likeness (QED) is 0.692. The Bertz CT molecular complexity index is 980. The number of rotatable bonds is 4. The van der Waals surface area contributed by atoms with E-state index in [1.54, 1.807) is 37.1 Å². The SMILES string of the molecule is CC(=O)Nc1cccc2[nH]c(N(C)[C@H](C)c3cccc(C(F)(F)F)c3)nc12. The first-order chi connectivity index (χ1) is 12.7. The molecule has 0 saturated heterocycles. The van der Waals surface area contributed by atoms with E-state index >= 15 is 0 Å². The van der Waals surface area contributed by atoms with Gasteiger partial charge in [0.05, 0.1) is 22.8 Å². The van der Waals surface area contributed by atoms with Gasteiger partial charge >= 0.3 is 6.18 Å². The lowest BCUT2D eigenvalue weighted by atomic mass is 10.0. The van der Waals surface area contributed by atoms with Gasteiger partial charge in [-0.05, 0) is 36.8 Å². The Balaban J connectivity index is 1.93. The van der Waals surface area contributed by atoms with Gasteiger partial charge in [-0.1, -0.05) is 18.2 Å². The predicted molar refractivity (Wildman–Crippen MR) is 98.7 cm³/mol. The van der Waals surface area contributed by atoms with Crippen molar-refractivity contribution in [1.29, 1.82) is 0 Å². The second-order valence-electron chi connectivity index (χ2n) is 6.35. The number of H-pyrrole nitrogens is 1. The molecule has 2 aromatic carbocycles. The van der Waals surface area contributed by atoms with Crippen molar-refractivity contribution in [3.8, 4) is 0 Å². The Morgan fingerprint density at radius 2 is 1.93 bits per heavy atom. The molecule has 0 radical (unpaired) electrons. The number of benzene rings is 2. The molecule has 1 atom stereocenters. The van der Waals surface area contributed by atoms with Crippen LogP contribution in [0.25, 0.3) is 11.0 Å². The number of aromatic amines is 1. The third-order valence-corrected chi connectivity index (χ3v) is 4.42. The molecule has 3 aromatic rings. The molecule has 1 aromatic heterocycles. The third kappa shape index (κ3) is 3.89. The molecule has 2 N–H and O–H groups in total. The molecule has 0 spiro atoms. The number of aromatic nitrogens is 2. The van der Waals surface area contributed by atoms with Crippen LogP contribution in [-0.2, 0) is 11.0 Å². The van der Waals surface area contributed by atoms with Crippen molar-refractivity contribution in [2.24, 2.45) is 0 Å².